The normalized spacial score (nSPS) is 10.8. The quantitative estimate of drug-likeness (QED) is 0.253. The number of carboxylic acids is 1. The predicted octanol–water partition coefficient (Wildman–Crippen LogP) is 6.84. The van der Waals surface area contributed by atoms with Gasteiger partial charge in [0, 0.05) is 29.0 Å². The molecule has 0 radical (unpaired) electrons. The summed E-state index contributed by atoms with van der Waals surface area (Å²) in [5.41, 5.74) is 0.489. The summed E-state index contributed by atoms with van der Waals surface area (Å²) in [5.74, 6) is -1.74. The van der Waals surface area contributed by atoms with Crippen molar-refractivity contribution in [1.82, 2.24) is 0 Å². The number of carbonyl (C=O) groups excluding carboxylic acids is 1. The maximum atomic E-state index is 13.0. The molecule has 0 atom stereocenters. The highest BCUT2D eigenvalue weighted by Crippen LogP contribution is 2.42. The van der Waals surface area contributed by atoms with E-state index in [0.717, 1.165) is 10.8 Å². The van der Waals surface area contributed by atoms with E-state index in [9.17, 15) is 14.7 Å². The van der Waals surface area contributed by atoms with E-state index >= 15 is 0 Å². The number of nitrogens with one attached hydrogen (secondary N) is 1. The van der Waals surface area contributed by atoms with Gasteiger partial charge in [0.25, 0.3) is 5.91 Å². The third kappa shape index (κ3) is 3.47. The summed E-state index contributed by atoms with van der Waals surface area (Å²) in [6.45, 7) is 0. The summed E-state index contributed by atoms with van der Waals surface area (Å²) >= 11 is 13.3. The lowest BCUT2D eigenvalue weighted by molar-refractivity contribution is 0.0691. The zero-order chi connectivity index (χ0) is 19.0. The minimum absolute atomic E-state index is 0.0207. The molecule has 0 unspecified atom stereocenters. The smallest absolute Gasteiger partial charge is 0.337 e. The van der Waals surface area contributed by atoms with Gasteiger partial charge in [-0.05, 0) is 75.2 Å². The van der Waals surface area contributed by atoms with Gasteiger partial charge in [-0.25, -0.2) is 4.79 Å². The van der Waals surface area contributed by atoms with Crippen LogP contribution in [0.4, 0.5) is 5.69 Å². The highest BCUT2D eigenvalue weighted by atomic mass is 79.9. The van der Waals surface area contributed by atoms with E-state index in [2.05, 4.69) is 69.0 Å². The van der Waals surface area contributed by atoms with E-state index in [0.29, 0.717) is 19.1 Å². The number of aromatic carboxylic acids is 1. The largest absolute Gasteiger partial charge is 0.478 e. The second-order valence-corrected chi connectivity index (χ2v) is 8.46. The van der Waals surface area contributed by atoms with Crippen LogP contribution in [0.3, 0.4) is 0 Å². The topological polar surface area (TPSA) is 66.4 Å². The first kappa shape index (κ1) is 19.5. The molecule has 3 aromatic carbocycles. The Hall–Kier alpha value is -1.22. The number of halogens is 4. The Kier molecular flexibility index (Phi) is 5.86. The van der Waals surface area contributed by atoms with Crippen molar-refractivity contribution in [1.29, 1.82) is 0 Å². The van der Waals surface area contributed by atoms with Crippen molar-refractivity contribution in [3.05, 3.63) is 71.5 Å². The van der Waals surface area contributed by atoms with Gasteiger partial charge in [-0.3, -0.25) is 4.79 Å². The molecule has 0 aromatic heterocycles. The van der Waals surface area contributed by atoms with Crippen LogP contribution in [0.15, 0.2) is 60.4 Å². The standard InChI is InChI=1S/C18H9Br4NO3/c19-13-11(12(18(25)26)14(20)16(22)15(13)21)17(24)23-10-7-3-5-8-4-1-2-6-9(8)10/h1-7H,(H,23,24)(H,25,26). The number of benzene rings is 3. The summed E-state index contributed by atoms with van der Waals surface area (Å²) in [4.78, 5) is 24.7. The summed E-state index contributed by atoms with van der Waals surface area (Å²) in [7, 11) is 0. The molecule has 0 aliphatic carbocycles. The number of anilines is 1. The van der Waals surface area contributed by atoms with Crippen molar-refractivity contribution in [2.24, 2.45) is 0 Å². The van der Waals surface area contributed by atoms with Gasteiger partial charge in [0.2, 0.25) is 0 Å². The van der Waals surface area contributed by atoms with Crippen LogP contribution in [0.1, 0.15) is 20.7 Å². The van der Waals surface area contributed by atoms with Crippen LogP contribution in [0, 0.1) is 0 Å². The zero-order valence-electron chi connectivity index (χ0n) is 12.8. The van der Waals surface area contributed by atoms with Gasteiger partial charge in [0.1, 0.15) is 0 Å². The Morgan fingerprint density at radius 3 is 2.00 bits per heavy atom. The van der Waals surface area contributed by atoms with E-state index < -0.39 is 11.9 Å². The Labute approximate surface area is 182 Å². The van der Waals surface area contributed by atoms with Crippen LogP contribution >= 0.6 is 63.7 Å². The third-order valence-electron chi connectivity index (χ3n) is 3.75. The van der Waals surface area contributed by atoms with Crippen LogP contribution < -0.4 is 5.32 Å². The highest BCUT2D eigenvalue weighted by Gasteiger charge is 2.28. The monoisotopic (exact) mass is 603 g/mol. The van der Waals surface area contributed by atoms with E-state index in [1.807, 2.05) is 36.4 Å². The molecule has 0 aliphatic heterocycles. The van der Waals surface area contributed by atoms with E-state index in [-0.39, 0.29) is 15.6 Å². The Morgan fingerprint density at radius 1 is 0.769 bits per heavy atom. The number of fused-ring (bicyclic) bond motifs is 1. The molecule has 1 amide bonds. The summed E-state index contributed by atoms with van der Waals surface area (Å²) in [6.07, 6.45) is 0. The van der Waals surface area contributed by atoms with Crippen LogP contribution in [-0.4, -0.2) is 17.0 Å². The molecule has 8 heteroatoms. The van der Waals surface area contributed by atoms with Gasteiger partial charge >= 0.3 is 5.97 Å². The molecule has 3 aromatic rings. The fourth-order valence-corrected chi connectivity index (χ4v) is 5.03. The Bertz CT molecular complexity index is 1060. The van der Waals surface area contributed by atoms with Gasteiger partial charge in [-0.15, -0.1) is 0 Å². The van der Waals surface area contributed by atoms with Crippen LogP contribution in [-0.2, 0) is 0 Å². The molecule has 0 saturated carbocycles. The molecule has 0 bridgehead atoms. The second-order valence-electron chi connectivity index (χ2n) is 5.29. The summed E-state index contributed by atoms with van der Waals surface area (Å²) in [6, 6.07) is 13.2. The van der Waals surface area contributed by atoms with Gasteiger partial charge in [-0.2, -0.15) is 0 Å². The van der Waals surface area contributed by atoms with Crippen LogP contribution in [0.2, 0.25) is 0 Å². The highest BCUT2D eigenvalue weighted by molar-refractivity contribution is 9.15. The number of carboxylic acid groups (broad SMARTS) is 1. The van der Waals surface area contributed by atoms with Gasteiger partial charge < -0.3 is 10.4 Å². The summed E-state index contributed by atoms with van der Waals surface area (Å²) < 4.78 is 1.67. The molecular formula is C18H9Br4NO3. The van der Waals surface area contributed by atoms with Crippen LogP contribution in [0.5, 0.6) is 0 Å². The Morgan fingerprint density at radius 2 is 1.35 bits per heavy atom. The first-order valence-corrected chi connectivity index (χ1v) is 10.4. The molecule has 4 nitrogen and oxygen atoms in total. The van der Waals surface area contributed by atoms with Crippen molar-refractivity contribution in [3.8, 4) is 0 Å². The molecule has 0 spiro atoms. The number of hydrogen-bond donors (Lipinski definition) is 2. The van der Waals surface area contributed by atoms with Gasteiger partial charge in [0.05, 0.1) is 11.1 Å². The van der Waals surface area contributed by atoms with E-state index in [4.69, 9.17) is 0 Å². The lowest BCUT2D eigenvalue weighted by atomic mass is 10.1. The average Bonchev–Trinajstić information content (AvgIpc) is 2.62. The maximum Gasteiger partial charge on any atom is 0.337 e. The first-order chi connectivity index (χ1) is 12.3. The SMILES string of the molecule is O=C(O)c1c(Br)c(Br)c(Br)c(Br)c1C(=O)Nc1cccc2ccccc12. The molecule has 0 heterocycles. The molecule has 3 rings (SSSR count). The van der Waals surface area contributed by atoms with Crippen molar-refractivity contribution < 1.29 is 14.7 Å². The fraction of sp³-hybridized carbons (Fsp3) is 0. The fourth-order valence-electron chi connectivity index (χ4n) is 2.56. The lowest BCUT2D eigenvalue weighted by Crippen LogP contribution is -2.18. The number of amides is 1. The molecule has 0 aliphatic rings. The van der Waals surface area contributed by atoms with Gasteiger partial charge in [-0.1, -0.05) is 36.4 Å². The zero-order valence-corrected chi connectivity index (χ0v) is 19.2. The van der Waals surface area contributed by atoms with Crippen molar-refractivity contribution in [2.75, 3.05) is 5.32 Å². The van der Waals surface area contributed by atoms with E-state index in [1.165, 1.54) is 0 Å². The van der Waals surface area contributed by atoms with Crippen molar-refractivity contribution in [3.63, 3.8) is 0 Å². The average molecular weight is 607 g/mol. The summed E-state index contributed by atoms with van der Waals surface area (Å²) in [5, 5.41) is 14.3. The third-order valence-corrected chi connectivity index (χ3v) is 8.51. The molecule has 2 N–H and O–H groups in total. The molecule has 26 heavy (non-hydrogen) atoms. The number of hydrogen-bond acceptors (Lipinski definition) is 2. The van der Waals surface area contributed by atoms with Crippen molar-refractivity contribution >= 4 is 92.1 Å². The number of carbonyl (C=O) groups is 2. The van der Waals surface area contributed by atoms with Gasteiger partial charge in [0.15, 0.2) is 0 Å². The second kappa shape index (κ2) is 7.80. The maximum absolute atomic E-state index is 13.0. The van der Waals surface area contributed by atoms with Crippen molar-refractivity contribution in [2.45, 2.75) is 0 Å². The molecular weight excluding hydrogens is 598 g/mol. The first-order valence-electron chi connectivity index (χ1n) is 7.21. The Balaban J connectivity index is 2.15. The minimum atomic E-state index is -1.21. The predicted molar refractivity (Wildman–Crippen MR) is 116 cm³/mol. The lowest BCUT2D eigenvalue weighted by Gasteiger charge is -2.15. The molecule has 132 valence electrons. The molecule has 0 saturated heterocycles. The number of rotatable bonds is 3. The van der Waals surface area contributed by atoms with E-state index in [1.54, 1.807) is 6.07 Å². The molecule has 0 fully saturated rings. The minimum Gasteiger partial charge on any atom is -0.478 e. The van der Waals surface area contributed by atoms with Crippen LogP contribution in [0.25, 0.3) is 10.8 Å².